The molecule has 2 rings (SSSR count). The Morgan fingerprint density at radius 3 is 2.42 bits per heavy atom. The first-order chi connectivity index (χ1) is 15.2. The van der Waals surface area contributed by atoms with Crippen molar-refractivity contribution in [1.29, 1.82) is 0 Å². The molecule has 0 bridgehead atoms. The standard InChI is InChI=1S/C24H39N7O.HI/c1-18(16-22-19(2)28-31(7)20(22)3)27-24(26-17-23(32)29(4)5)25-14-11-15-30(6)21-12-9-8-10-13-21;/h8-10,12-13,18H,11,14-17H2,1-7H3,(H2,25,26,27);1H. The van der Waals surface area contributed by atoms with E-state index in [9.17, 15) is 4.79 Å². The average Bonchev–Trinajstić information content (AvgIpc) is 3.00. The molecule has 1 atom stereocenters. The van der Waals surface area contributed by atoms with E-state index in [-0.39, 0.29) is 42.5 Å². The Kier molecular flexibility index (Phi) is 12.2. The van der Waals surface area contributed by atoms with E-state index in [0.29, 0.717) is 5.96 Å². The summed E-state index contributed by atoms with van der Waals surface area (Å²) < 4.78 is 1.92. The van der Waals surface area contributed by atoms with Crippen molar-refractivity contribution in [1.82, 2.24) is 25.3 Å². The van der Waals surface area contributed by atoms with Crippen molar-refractivity contribution in [3.8, 4) is 0 Å². The smallest absolute Gasteiger partial charge is 0.243 e. The highest BCUT2D eigenvalue weighted by atomic mass is 127. The van der Waals surface area contributed by atoms with Crippen LogP contribution in [0.5, 0.6) is 0 Å². The second kappa shape index (κ2) is 14.1. The number of benzene rings is 1. The molecule has 184 valence electrons. The first kappa shape index (κ1) is 28.7. The molecule has 0 aliphatic heterocycles. The van der Waals surface area contributed by atoms with Crippen molar-refractivity contribution in [3.05, 3.63) is 47.3 Å². The Bertz CT molecular complexity index is 896. The summed E-state index contributed by atoms with van der Waals surface area (Å²) in [6.07, 6.45) is 1.79. The van der Waals surface area contributed by atoms with Gasteiger partial charge >= 0.3 is 0 Å². The third kappa shape index (κ3) is 9.23. The zero-order valence-electron chi connectivity index (χ0n) is 21.1. The van der Waals surface area contributed by atoms with Gasteiger partial charge in [-0.25, -0.2) is 4.99 Å². The number of nitrogens with one attached hydrogen (secondary N) is 2. The Labute approximate surface area is 215 Å². The van der Waals surface area contributed by atoms with Crippen molar-refractivity contribution in [2.24, 2.45) is 12.0 Å². The largest absolute Gasteiger partial charge is 0.375 e. The maximum atomic E-state index is 12.0. The van der Waals surface area contributed by atoms with E-state index < -0.39 is 0 Å². The first-order valence-corrected chi connectivity index (χ1v) is 11.2. The molecule has 33 heavy (non-hydrogen) atoms. The van der Waals surface area contributed by atoms with Crippen LogP contribution in [0.15, 0.2) is 35.3 Å². The molecule has 1 aromatic carbocycles. The third-order valence-electron chi connectivity index (χ3n) is 5.58. The number of carbonyl (C=O) groups is 1. The highest BCUT2D eigenvalue weighted by Crippen LogP contribution is 2.14. The Hall–Kier alpha value is -2.30. The molecule has 0 aliphatic rings. The van der Waals surface area contributed by atoms with Crippen LogP contribution in [0.1, 0.15) is 30.3 Å². The summed E-state index contributed by atoms with van der Waals surface area (Å²) in [6.45, 7) is 8.06. The van der Waals surface area contributed by atoms with Gasteiger partial charge in [0.2, 0.25) is 5.91 Å². The minimum atomic E-state index is -0.0264. The number of aryl methyl sites for hydroxylation is 2. The number of carbonyl (C=O) groups excluding carboxylic acids is 1. The number of hydrogen-bond acceptors (Lipinski definition) is 4. The minimum absolute atomic E-state index is 0. The average molecular weight is 570 g/mol. The summed E-state index contributed by atoms with van der Waals surface area (Å²) >= 11 is 0. The number of rotatable bonds is 10. The molecule has 8 nitrogen and oxygen atoms in total. The summed E-state index contributed by atoms with van der Waals surface area (Å²) in [4.78, 5) is 20.3. The van der Waals surface area contributed by atoms with E-state index in [2.05, 4.69) is 58.7 Å². The fraction of sp³-hybridized carbons (Fsp3) is 0.542. The van der Waals surface area contributed by atoms with E-state index in [0.717, 1.165) is 31.6 Å². The monoisotopic (exact) mass is 569 g/mol. The lowest BCUT2D eigenvalue weighted by molar-refractivity contribution is -0.127. The van der Waals surface area contributed by atoms with Gasteiger partial charge in [0.25, 0.3) is 0 Å². The van der Waals surface area contributed by atoms with Gasteiger partial charge in [0.15, 0.2) is 5.96 Å². The molecule has 2 aromatic rings. The summed E-state index contributed by atoms with van der Waals surface area (Å²) in [7, 11) is 7.55. The summed E-state index contributed by atoms with van der Waals surface area (Å²) in [5, 5.41) is 11.4. The van der Waals surface area contributed by atoms with Crippen molar-refractivity contribution in [2.45, 2.75) is 39.7 Å². The number of nitrogens with zero attached hydrogens (tertiary/aromatic N) is 5. The van der Waals surface area contributed by atoms with Gasteiger partial charge in [0, 0.05) is 58.7 Å². The number of para-hydroxylation sites is 1. The van der Waals surface area contributed by atoms with E-state index in [1.165, 1.54) is 16.9 Å². The molecule has 1 aromatic heterocycles. The van der Waals surface area contributed by atoms with Crippen LogP contribution in [-0.2, 0) is 18.3 Å². The number of aliphatic imine (C=N–C) groups is 1. The topological polar surface area (TPSA) is 77.8 Å². The number of anilines is 1. The van der Waals surface area contributed by atoms with Gasteiger partial charge in [-0.15, -0.1) is 24.0 Å². The predicted octanol–water partition coefficient (Wildman–Crippen LogP) is 2.74. The highest BCUT2D eigenvalue weighted by molar-refractivity contribution is 14.0. The molecule has 0 fully saturated rings. The maximum absolute atomic E-state index is 12.0. The summed E-state index contributed by atoms with van der Waals surface area (Å²) in [6, 6.07) is 10.5. The highest BCUT2D eigenvalue weighted by Gasteiger charge is 2.14. The van der Waals surface area contributed by atoms with Crippen LogP contribution in [0.3, 0.4) is 0 Å². The van der Waals surface area contributed by atoms with Crippen LogP contribution < -0.4 is 15.5 Å². The quantitative estimate of drug-likeness (QED) is 0.199. The molecule has 9 heteroatoms. The number of hydrogen-bond donors (Lipinski definition) is 2. The summed E-state index contributed by atoms with van der Waals surface area (Å²) in [5.41, 5.74) is 4.68. The SMILES string of the molecule is Cc1nn(C)c(C)c1CC(C)NC(=NCC(=O)N(C)C)NCCCN(C)c1ccccc1.I. The van der Waals surface area contributed by atoms with Gasteiger partial charge in [-0.2, -0.15) is 5.10 Å². The molecule has 1 unspecified atom stereocenters. The van der Waals surface area contributed by atoms with Gasteiger partial charge < -0.3 is 20.4 Å². The van der Waals surface area contributed by atoms with Gasteiger partial charge in [-0.1, -0.05) is 18.2 Å². The van der Waals surface area contributed by atoms with Crippen molar-refractivity contribution in [2.75, 3.05) is 45.7 Å². The van der Waals surface area contributed by atoms with Gasteiger partial charge in [-0.3, -0.25) is 9.48 Å². The van der Waals surface area contributed by atoms with Crippen LogP contribution in [-0.4, -0.2) is 73.4 Å². The van der Waals surface area contributed by atoms with Crippen LogP contribution >= 0.6 is 24.0 Å². The number of aromatic nitrogens is 2. The lowest BCUT2D eigenvalue weighted by Crippen LogP contribution is -2.44. The molecule has 1 amide bonds. The number of amides is 1. The predicted molar refractivity (Wildman–Crippen MR) is 148 cm³/mol. The van der Waals surface area contributed by atoms with E-state index in [1.54, 1.807) is 19.0 Å². The zero-order valence-corrected chi connectivity index (χ0v) is 23.4. The summed E-state index contributed by atoms with van der Waals surface area (Å²) in [5.74, 6) is 0.635. The van der Waals surface area contributed by atoms with Crippen LogP contribution in [0, 0.1) is 13.8 Å². The van der Waals surface area contributed by atoms with Crippen molar-refractivity contribution < 1.29 is 4.79 Å². The molecule has 0 saturated carbocycles. The second-order valence-electron chi connectivity index (χ2n) is 8.51. The van der Waals surface area contributed by atoms with Crippen molar-refractivity contribution >= 4 is 41.5 Å². The van der Waals surface area contributed by atoms with Crippen LogP contribution in [0.25, 0.3) is 0 Å². The fourth-order valence-corrected chi connectivity index (χ4v) is 3.48. The Morgan fingerprint density at radius 1 is 1.18 bits per heavy atom. The maximum Gasteiger partial charge on any atom is 0.243 e. The Morgan fingerprint density at radius 2 is 1.85 bits per heavy atom. The lowest BCUT2D eigenvalue weighted by Gasteiger charge is -2.21. The fourth-order valence-electron chi connectivity index (χ4n) is 3.48. The molecule has 2 N–H and O–H groups in total. The number of guanidine groups is 1. The van der Waals surface area contributed by atoms with E-state index >= 15 is 0 Å². The molecular weight excluding hydrogens is 529 g/mol. The number of likely N-dealkylation sites (N-methyl/N-ethyl adjacent to an activating group) is 1. The van der Waals surface area contributed by atoms with E-state index in [4.69, 9.17) is 0 Å². The Balaban J connectivity index is 0.00000544. The molecule has 0 radical (unpaired) electrons. The van der Waals surface area contributed by atoms with E-state index in [1.807, 2.05) is 36.9 Å². The molecular formula is C24H40IN7O. The van der Waals surface area contributed by atoms with Gasteiger partial charge in [0.1, 0.15) is 6.54 Å². The van der Waals surface area contributed by atoms with Crippen molar-refractivity contribution in [3.63, 3.8) is 0 Å². The molecule has 0 saturated heterocycles. The van der Waals surface area contributed by atoms with Gasteiger partial charge in [0.05, 0.1) is 5.69 Å². The molecule has 0 aliphatic carbocycles. The minimum Gasteiger partial charge on any atom is -0.375 e. The normalized spacial score (nSPS) is 12.0. The molecule has 0 spiro atoms. The zero-order chi connectivity index (χ0) is 23.7. The lowest BCUT2D eigenvalue weighted by atomic mass is 10.1. The van der Waals surface area contributed by atoms with Crippen LogP contribution in [0.4, 0.5) is 5.69 Å². The third-order valence-corrected chi connectivity index (χ3v) is 5.58. The van der Waals surface area contributed by atoms with Crippen LogP contribution in [0.2, 0.25) is 0 Å². The molecule has 1 heterocycles. The van der Waals surface area contributed by atoms with Gasteiger partial charge in [-0.05, 0) is 51.3 Å². The second-order valence-corrected chi connectivity index (χ2v) is 8.51. The number of halogens is 1. The first-order valence-electron chi connectivity index (χ1n) is 11.2.